The molecule has 0 radical (unpaired) electrons. The highest BCUT2D eigenvalue weighted by molar-refractivity contribution is 6.24. The highest BCUT2D eigenvalue weighted by Crippen LogP contribution is 2.45. The van der Waals surface area contributed by atoms with E-state index in [1.165, 1.54) is 5.39 Å². The molecular formula is C44H27N5O. The third kappa shape index (κ3) is 4.43. The molecule has 0 atom stereocenters. The molecule has 234 valence electrons. The first-order valence-electron chi connectivity index (χ1n) is 16.6. The van der Waals surface area contributed by atoms with Gasteiger partial charge in [0.05, 0.1) is 11.0 Å². The lowest BCUT2D eigenvalue weighted by Crippen LogP contribution is -2.01. The molecule has 50 heavy (non-hydrogen) atoms. The Hall–Kier alpha value is -6.92. The van der Waals surface area contributed by atoms with E-state index in [-0.39, 0.29) is 0 Å². The predicted octanol–water partition coefficient (Wildman–Crippen LogP) is 10.9. The number of pyridine rings is 1. The van der Waals surface area contributed by atoms with Crippen LogP contribution in [-0.4, -0.2) is 24.5 Å². The first-order valence-corrected chi connectivity index (χ1v) is 16.6. The summed E-state index contributed by atoms with van der Waals surface area (Å²) in [5.41, 5.74) is 9.38. The van der Waals surface area contributed by atoms with Crippen molar-refractivity contribution in [2.45, 2.75) is 0 Å². The molecule has 0 unspecified atom stereocenters. The molecule has 4 heterocycles. The van der Waals surface area contributed by atoms with E-state index in [9.17, 15) is 0 Å². The van der Waals surface area contributed by atoms with E-state index in [2.05, 4.69) is 88.4 Å². The van der Waals surface area contributed by atoms with Gasteiger partial charge < -0.3 is 8.98 Å². The topological polar surface area (TPSA) is 69.6 Å². The molecule has 0 aliphatic heterocycles. The second kappa shape index (κ2) is 11.4. The minimum absolute atomic E-state index is 0.563. The highest BCUT2D eigenvalue weighted by atomic mass is 16.3. The lowest BCUT2D eigenvalue weighted by atomic mass is 9.95. The predicted molar refractivity (Wildman–Crippen MR) is 201 cm³/mol. The van der Waals surface area contributed by atoms with Crippen LogP contribution in [0, 0.1) is 0 Å². The van der Waals surface area contributed by atoms with Gasteiger partial charge >= 0.3 is 0 Å². The summed E-state index contributed by atoms with van der Waals surface area (Å²) >= 11 is 0. The molecule has 0 N–H and O–H groups in total. The van der Waals surface area contributed by atoms with E-state index in [1.54, 1.807) is 6.20 Å². The van der Waals surface area contributed by atoms with Crippen LogP contribution in [0.5, 0.6) is 0 Å². The Labute approximate surface area is 287 Å². The SMILES string of the molecule is c1ccc(-c2nc(-c3ccccc3)nc(-c3c(-c4cccnc4)ccc4oc5c(ccc6c7ccccc7n(-c7ccccc7)c65)c34)n2)cc1. The lowest BCUT2D eigenvalue weighted by Gasteiger charge is -2.13. The molecule has 0 saturated carbocycles. The molecule has 10 rings (SSSR count). The Balaban J connectivity index is 1.35. The molecule has 0 amide bonds. The summed E-state index contributed by atoms with van der Waals surface area (Å²) in [6.07, 6.45) is 3.67. The van der Waals surface area contributed by atoms with Crippen molar-refractivity contribution in [1.82, 2.24) is 24.5 Å². The van der Waals surface area contributed by atoms with Gasteiger partial charge in [0.25, 0.3) is 0 Å². The summed E-state index contributed by atoms with van der Waals surface area (Å²) < 4.78 is 9.24. The van der Waals surface area contributed by atoms with E-state index in [0.29, 0.717) is 17.5 Å². The van der Waals surface area contributed by atoms with Crippen molar-refractivity contribution < 1.29 is 4.42 Å². The molecule has 0 saturated heterocycles. The third-order valence-electron chi connectivity index (χ3n) is 9.35. The zero-order valence-electron chi connectivity index (χ0n) is 26.7. The number of hydrogen-bond donors (Lipinski definition) is 0. The molecule has 0 aliphatic rings. The van der Waals surface area contributed by atoms with Gasteiger partial charge in [-0.3, -0.25) is 4.98 Å². The Bertz CT molecular complexity index is 2790. The van der Waals surface area contributed by atoms with Crippen molar-refractivity contribution in [2.24, 2.45) is 0 Å². The summed E-state index contributed by atoms with van der Waals surface area (Å²) in [6.45, 7) is 0. The maximum atomic E-state index is 6.93. The summed E-state index contributed by atoms with van der Waals surface area (Å²) in [6, 6.07) is 51.7. The number of nitrogens with zero attached hydrogens (tertiary/aromatic N) is 5. The van der Waals surface area contributed by atoms with Crippen molar-refractivity contribution in [1.29, 1.82) is 0 Å². The van der Waals surface area contributed by atoms with Crippen LogP contribution < -0.4 is 0 Å². The van der Waals surface area contributed by atoms with Gasteiger partial charge in [0.1, 0.15) is 5.58 Å². The fraction of sp³-hybridized carbons (Fsp3) is 0. The van der Waals surface area contributed by atoms with E-state index in [1.807, 2.05) is 79.0 Å². The second-order valence-electron chi connectivity index (χ2n) is 12.3. The van der Waals surface area contributed by atoms with Gasteiger partial charge in [-0.25, -0.2) is 15.0 Å². The van der Waals surface area contributed by atoms with Crippen molar-refractivity contribution in [3.8, 4) is 51.0 Å². The summed E-state index contributed by atoms with van der Waals surface area (Å²) in [5, 5.41) is 4.22. The van der Waals surface area contributed by atoms with Crippen LogP contribution >= 0.6 is 0 Å². The Morgan fingerprint density at radius 2 is 1.10 bits per heavy atom. The zero-order chi connectivity index (χ0) is 33.0. The first-order chi connectivity index (χ1) is 24.8. The van der Waals surface area contributed by atoms with E-state index in [4.69, 9.17) is 19.4 Å². The monoisotopic (exact) mass is 641 g/mol. The van der Waals surface area contributed by atoms with Gasteiger partial charge in [-0.05, 0) is 48.0 Å². The smallest absolute Gasteiger partial charge is 0.165 e. The molecule has 0 bridgehead atoms. The van der Waals surface area contributed by atoms with Gasteiger partial charge in [-0.2, -0.15) is 0 Å². The molecule has 6 heteroatoms. The number of rotatable bonds is 5. The third-order valence-corrected chi connectivity index (χ3v) is 9.35. The molecule has 0 aliphatic carbocycles. The molecule has 10 aromatic rings. The number of fused-ring (bicyclic) bond motifs is 7. The van der Waals surface area contributed by atoms with Crippen LogP contribution in [0.1, 0.15) is 0 Å². The molecule has 6 nitrogen and oxygen atoms in total. The molecule has 0 spiro atoms. The fourth-order valence-electron chi connectivity index (χ4n) is 7.13. The van der Waals surface area contributed by atoms with Gasteiger partial charge in [0, 0.05) is 61.9 Å². The van der Waals surface area contributed by atoms with Crippen molar-refractivity contribution in [3.05, 3.63) is 164 Å². The van der Waals surface area contributed by atoms with Crippen LogP contribution in [0.2, 0.25) is 0 Å². The summed E-state index contributed by atoms with van der Waals surface area (Å²) in [7, 11) is 0. The van der Waals surface area contributed by atoms with Crippen LogP contribution in [0.25, 0.3) is 94.7 Å². The van der Waals surface area contributed by atoms with Crippen LogP contribution in [0.15, 0.2) is 168 Å². The molecule has 4 aromatic heterocycles. The summed E-state index contributed by atoms with van der Waals surface area (Å²) in [5.74, 6) is 1.76. The van der Waals surface area contributed by atoms with Crippen LogP contribution in [0.3, 0.4) is 0 Å². The minimum Gasteiger partial charge on any atom is -0.454 e. The normalized spacial score (nSPS) is 11.6. The van der Waals surface area contributed by atoms with Crippen molar-refractivity contribution in [3.63, 3.8) is 0 Å². The average Bonchev–Trinajstić information content (AvgIpc) is 3.75. The van der Waals surface area contributed by atoms with Gasteiger partial charge in [0.2, 0.25) is 0 Å². The number of furan rings is 1. The zero-order valence-corrected chi connectivity index (χ0v) is 26.7. The Morgan fingerprint density at radius 1 is 0.480 bits per heavy atom. The number of para-hydroxylation sites is 2. The van der Waals surface area contributed by atoms with E-state index < -0.39 is 0 Å². The first kappa shape index (κ1) is 28.1. The maximum Gasteiger partial charge on any atom is 0.165 e. The fourth-order valence-corrected chi connectivity index (χ4v) is 7.13. The number of hydrogen-bond acceptors (Lipinski definition) is 5. The number of aromatic nitrogens is 5. The Kier molecular flexibility index (Phi) is 6.39. The van der Waals surface area contributed by atoms with Gasteiger partial charge in [-0.15, -0.1) is 0 Å². The second-order valence-corrected chi connectivity index (χ2v) is 12.3. The van der Waals surface area contributed by atoms with E-state index >= 15 is 0 Å². The number of benzene rings is 6. The van der Waals surface area contributed by atoms with E-state index in [0.717, 1.165) is 71.9 Å². The molecule has 6 aromatic carbocycles. The van der Waals surface area contributed by atoms with Crippen molar-refractivity contribution >= 4 is 43.7 Å². The van der Waals surface area contributed by atoms with Gasteiger partial charge in [0.15, 0.2) is 23.1 Å². The maximum absolute atomic E-state index is 6.93. The lowest BCUT2D eigenvalue weighted by molar-refractivity contribution is 0.671. The molecule has 0 fully saturated rings. The van der Waals surface area contributed by atoms with Crippen LogP contribution in [0.4, 0.5) is 0 Å². The largest absolute Gasteiger partial charge is 0.454 e. The quantitative estimate of drug-likeness (QED) is 0.187. The highest BCUT2D eigenvalue weighted by Gasteiger charge is 2.25. The minimum atomic E-state index is 0.563. The molecular weight excluding hydrogens is 615 g/mol. The average molecular weight is 642 g/mol. The standard InChI is InChI=1S/C44H27N5O/c1-4-13-28(14-5-1)42-46-43(29-15-6-2-7-16-29)48-44(47-42)39-32(30-17-12-26-45-27-30)24-25-37-38(39)35-23-22-34-33-20-10-11-21-36(33)49(40(34)41(35)50-37)31-18-8-3-9-19-31/h1-27H. The van der Waals surface area contributed by atoms with Gasteiger partial charge in [-0.1, -0.05) is 109 Å². The Morgan fingerprint density at radius 3 is 1.80 bits per heavy atom. The summed E-state index contributed by atoms with van der Waals surface area (Å²) in [4.78, 5) is 19.9. The van der Waals surface area contributed by atoms with Crippen molar-refractivity contribution in [2.75, 3.05) is 0 Å². The van der Waals surface area contributed by atoms with Crippen LogP contribution in [-0.2, 0) is 0 Å².